The molecular weight excluding hydrogens is 1250 g/mol. The van der Waals surface area contributed by atoms with E-state index < -0.39 is 77.5 Å². The Kier molecular flexibility index (Phi) is 88.0. The fourth-order valence-corrected chi connectivity index (χ4v) is 4.62. The second-order valence-corrected chi connectivity index (χ2v) is 22.8. The van der Waals surface area contributed by atoms with Gasteiger partial charge in [0, 0.05) is 19.5 Å². The molecule has 0 aliphatic heterocycles. The molecule has 544 valence electrons. The summed E-state index contributed by atoms with van der Waals surface area (Å²) in [6.07, 6.45) is 7.08. The molecule has 1 aromatic carbocycles. The van der Waals surface area contributed by atoms with E-state index in [2.05, 4.69) is 10.6 Å². The molecule has 9 atom stereocenters. The Balaban J connectivity index is -0.0000000886. The van der Waals surface area contributed by atoms with Crippen LogP contribution in [-0.4, -0.2) is 178 Å². The van der Waals surface area contributed by atoms with Gasteiger partial charge in [-0.1, -0.05) is 161 Å². The second-order valence-electron chi connectivity index (χ2n) is 21.8. The van der Waals surface area contributed by atoms with E-state index in [4.69, 9.17) is 70.9 Å². The Morgan fingerprint density at radius 2 is 0.806 bits per heavy atom. The Hall–Kier alpha value is -7.98. The van der Waals surface area contributed by atoms with Gasteiger partial charge >= 0.3 is 71.8 Å². The predicted octanol–water partition coefficient (Wildman–Crippen LogP) is 8.63. The van der Waals surface area contributed by atoms with E-state index in [0.29, 0.717) is 44.0 Å². The van der Waals surface area contributed by atoms with E-state index in [0.717, 1.165) is 30.6 Å². The third kappa shape index (κ3) is 100. The first-order valence-electron chi connectivity index (χ1n) is 29.5. The van der Waals surface area contributed by atoms with Gasteiger partial charge in [0.05, 0.1) is 65.8 Å². The maximum Gasteiger partial charge on any atom is 0.373 e. The van der Waals surface area contributed by atoms with Crippen LogP contribution in [0.5, 0.6) is 0 Å². The lowest BCUT2D eigenvalue weighted by Crippen LogP contribution is -2.24. The zero-order chi connectivity index (χ0) is 76.3. The van der Waals surface area contributed by atoms with Crippen molar-refractivity contribution in [1.82, 2.24) is 10.6 Å². The topological polar surface area (TPSA) is 523 Å². The number of carbonyl (C=O) groups excluding carboxylic acids is 4. The van der Waals surface area contributed by atoms with E-state index in [1.807, 2.05) is 78.1 Å². The standard InChI is InChI=1S/C10H12O2.2C7H14O2.C6H11NO3.C6H12O2S.C6H12O2.C5H9NO3.C4H8O3.2C4H8O2.C3H6O2.CO2/c1-8(10(11)12)7-9-5-3-2-4-6-9;1-5(2)4-6(3)7(8)9;1-4-5(2)6(3)7(8)9;1-5(6(9)10)2-3-7-4-8;1-5(6(7)8)3-4-9-2;1-4(2)5(3)6(7)8;1-4(5(8)9)2-6-3-7;1-3(2-5)4(6)7;2*1-3(2)4(5)6;1-2-3(4)5;2-1-3/h2-6,8H,7H2,1H3,(H,11,12);2*5-6H,4H2,1-3H3,(H,8,9);4-5H,2-3H2,1H3,(H,7,8)(H,9,10);5H,3-4H2,1-2H3,(H,7,8);4-5H,1-3H3,(H,7,8);3-4H,2H2,1H3,(H,6,7)(H,8,9);3,5H,2H2,1H3,(H,6,7);2*3H,1-2H3,(H,5,6);2H2,1H3,(H,4,5);. The van der Waals surface area contributed by atoms with Crippen molar-refractivity contribution in [3.05, 3.63) is 35.9 Å². The van der Waals surface area contributed by atoms with Gasteiger partial charge in [-0.05, 0) is 67.9 Å². The van der Waals surface area contributed by atoms with Crippen LogP contribution in [-0.2, 0) is 78.3 Å². The lowest BCUT2D eigenvalue weighted by molar-refractivity contribution is -0.192. The maximum atomic E-state index is 10.5. The summed E-state index contributed by atoms with van der Waals surface area (Å²) in [5.74, 6) is -9.53. The summed E-state index contributed by atoms with van der Waals surface area (Å²) >= 11 is 1.68. The Morgan fingerprint density at radius 1 is 0.473 bits per heavy atom. The molecule has 9 unspecified atom stereocenters. The first kappa shape index (κ1) is 110. The van der Waals surface area contributed by atoms with Crippen molar-refractivity contribution in [3.8, 4) is 0 Å². The molecule has 0 heterocycles. The van der Waals surface area contributed by atoms with Crippen molar-refractivity contribution in [2.24, 2.45) is 76.9 Å². The Bertz CT molecular complexity index is 2140. The highest BCUT2D eigenvalue weighted by molar-refractivity contribution is 7.98. The molecule has 93 heavy (non-hydrogen) atoms. The van der Waals surface area contributed by atoms with Crippen LogP contribution in [0.15, 0.2) is 30.3 Å². The molecule has 0 aromatic heterocycles. The van der Waals surface area contributed by atoms with Gasteiger partial charge in [0.25, 0.3) is 0 Å². The van der Waals surface area contributed by atoms with E-state index in [9.17, 15) is 62.3 Å². The molecule has 1 aromatic rings. The minimum Gasteiger partial charge on any atom is -0.481 e. The molecule has 0 saturated heterocycles. The van der Waals surface area contributed by atoms with Gasteiger partial charge < -0.3 is 71.9 Å². The molecule has 0 aliphatic rings. The Morgan fingerprint density at radius 3 is 1.00 bits per heavy atom. The van der Waals surface area contributed by atoms with Gasteiger partial charge in [0.2, 0.25) is 12.8 Å². The third-order valence-corrected chi connectivity index (χ3v) is 12.3. The second kappa shape index (κ2) is 74.7. The molecule has 1 rings (SSSR count). The van der Waals surface area contributed by atoms with Crippen LogP contribution in [0.3, 0.4) is 0 Å². The first-order valence-corrected chi connectivity index (χ1v) is 30.9. The number of benzene rings is 1. The van der Waals surface area contributed by atoms with Crippen molar-refractivity contribution >= 4 is 96.4 Å². The molecule has 0 fully saturated rings. The average molecular weight is 1360 g/mol. The van der Waals surface area contributed by atoms with Crippen molar-refractivity contribution in [2.75, 3.05) is 31.7 Å². The van der Waals surface area contributed by atoms with E-state index in [-0.39, 0.29) is 79.0 Å². The highest BCUT2D eigenvalue weighted by Gasteiger charge is 2.17. The molecule has 0 aliphatic carbocycles. The lowest BCUT2D eigenvalue weighted by atomic mass is 9.94. The van der Waals surface area contributed by atoms with Crippen molar-refractivity contribution in [2.45, 2.75) is 170 Å². The summed E-state index contributed by atoms with van der Waals surface area (Å²) in [5.41, 5.74) is 1.08. The fraction of sp³-hybridized carbons (Fsp3) is 0.683. The summed E-state index contributed by atoms with van der Waals surface area (Å²) in [6, 6.07) is 9.65. The number of amides is 2. The van der Waals surface area contributed by atoms with Crippen LogP contribution in [0, 0.1) is 76.9 Å². The summed E-state index contributed by atoms with van der Waals surface area (Å²) in [7, 11) is 0. The van der Waals surface area contributed by atoms with E-state index in [1.165, 1.54) is 13.8 Å². The smallest absolute Gasteiger partial charge is 0.373 e. The highest BCUT2D eigenvalue weighted by Crippen LogP contribution is 2.14. The largest absolute Gasteiger partial charge is 0.481 e. The van der Waals surface area contributed by atoms with Gasteiger partial charge in [0.15, 0.2) is 0 Å². The van der Waals surface area contributed by atoms with Gasteiger partial charge in [0.1, 0.15) is 0 Å². The van der Waals surface area contributed by atoms with Gasteiger partial charge in [-0.25, -0.2) is 0 Å². The third-order valence-electron chi connectivity index (χ3n) is 11.6. The molecule has 29 nitrogen and oxygen atoms in total. The number of aliphatic hydroxyl groups is 1. The van der Waals surface area contributed by atoms with Crippen LogP contribution in [0.2, 0.25) is 0 Å². The van der Waals surface area contributed by atoms with E-state index >= 15 is 0 Å². The fourth-order valence-electron chi connectivity index (χ4n) is 4.04. The first-order chi connectivity index (χ1) is 42.6. The maximum absolute atomic E-state index is 10.5. The molecular formula is C63H114N2O27S. The summed E-state index contributed by atoms with van der Waals surface area (Å²) < 4.78 is 0. The quantitative estimate of drug-likeness (QED) is 0.0263. The number of carboxylic acids is 11. The molecule has 14 N–H and O–H groups in total. The number of rotatable bonds is 29. The number of carboxylic acid groups (broad SMARTS) is 11. The summed E-state index contributed by atoms with van der Waals surface area (Å²) in [4.78, 5) is 146. The van der Waals surface area contributed by atoms with E-state index in [1.54, 1.807) is 87.9 Å². The summed E-state index contributed by atoms with van der Waals surface area (Å²) in [5, 5.41) is 103. The minimum atomic E-state index is -0.956. The number of aliphatic carboxylic acids is 11. The van der Waals surface area contributed by atoms with Crippen LogP contribution in [0.4, 0.5) is 0 Å². The zero-order valence-electron chi connectivity index (χ0n) is 58.0. The molecule has 2 amide bonds. The van der Waals surface area contributed by atoms with Crippen LogP contribution in [0.25, 0.3) is 0 Å². The number of thioether (sulfide) groups is 1. The van der Waals surface area contributed by atoms with Crippen LogP contribution < -0.4 is 10.6 Å². The summed E-state index contributed by atoms with van der Waals surface area (Å²) in [6.45, 7) is 33.6. The number of nitrogens with one attached hydrogen (secondary N) is 2. The zero-order valence-corrected chi connectivity index (χ0v) is 58.8. The van der Waals surface area contributed by atoms with Crippen LogP contribution >= 0.6 is 11.8 Å². The van der Waals surface area contributed by atoms with Gasteiger partial charge in [-0.2, -0.15) is 21.4 Å². The Labute approximate surface area is 552 Å². The number of carbonyl (C=O) groups is 13. The minimum absolute atomic E-state index is 0.183. The lowest BCUT2D eigenvalue weighted by Gasteiger charge is -2.11. The van der Waals surface area contributed by atoms with Crippen molar-refractivity contribution in [1.29, 1.82) is 0 Å². The normalized spacial score (nSPS) is 12.2. The SMILES string of the molecule is CC(C)C(=O)O.CC(C)C(=O)O.CC(C)C(C)C(=O)O.CC(C)CC(C)C(=O)O.CC(CCNC=O)C(=O)O.CC(CNC=O)C(=O)O.CC(CO)C(=O)O.CC(Cc1ccccc1)C(=O)O.CCC(=O)O.CCC(C)C(C)C(=O)O.CSCCC(C)C(=O)O.O=C=O. The van der Waals surface area contributed by atoms with Crippen LogP contribution in [0.1, 0.15) is 169 Å². The molecule has 0 bridgehead atoms. The number of hydrogen-bond donors (Lipinski definition) is 14. The molecule has 0 radical (unpaired) electrons. The number of aliphatic hydroxyl groups excluding tert-OH is 1. The highest BCUT2D eigenvalue weighted by atomic mass is 32.2. The van der Waals surface area contributed by atoms with Gasteiger partial charge in [-0.15, -0.1) is 0 Å². The van der Waals surface area contributed by atoms with Crippen molar-refractivity contribution < 1.29 is 133 Å². The molecule has 30 heteroatoms. The average Bonchev–Trinajstić information content (AvgIpc) is 3.68. The monoisotopic (exact) mass is 1360 g/mol. The van der Waals surface area contributed by atoms with Gasteiger partial charge in [-0.3, -0.25) is 62.3 Å². The van der Waals surface area contributed by atoms with Crippen molar-refractivity contribution in [3.63, 3.8) is 0 Å². The molecule has 0 saturated carbocycles. The number of hydrogen-bond acceptors (Lipinski definition) is 17. The predicted molar refractivity (Wildman–Crippen MR) is 349 cm³/mol. The molecule has 0 spiro atoms.